The Bertz CT molecular complexity index is 1040. The molecule has 2 aromatic carbocycles. The molecule has 0 aliphatic carbocycles. The Labute approximate surface area is 192 Å². The molecule has 1 aromatic heterocycles. The third-order valence-corrected chi connectivity index (χ3v) is 6.69. The van der Waals surface area contributed by atoms with Crippen molar-refractivity contribution < 1.29 is 19.0 Å². The highest BCUT2D eigenvalue weighted by Gasteiger charge is 2.24. The zero-order chi connectivity index (χ0) is 22.5. The van der Waals surface area contributed by atoms with Gasteiger partial charge in [0, 0.05) is 31.7 Å². The van der Waals surface area contributed by atoms with Gasteiger partial charge in [-0.25, -0.2) is 4.98 Å². The van der Waals surface area contributed by atoms with E-state index in [4.69, 9.17) is 19.2 Å². The summed E-state index contributed by atoms with van der Waals surface area (Å²) < 4.78 is 17.4. The van der Waals surface area contributed by atoms with Crippen molar-refractivity contribution >= 4 is 32.6 Å². The number of fused-ring (bicyclic) bond motifs is 1. The van der Waals surface area contributed by atoms with Crippen LogP contribution >= 0.6 is 11.3 Å². The summed E-state index contributed by atoms with van der Waals surface area (Å²) in [5, 5.41) is 0.649. The third-order valence-electron chi connectivity index (χ3n) is 5.60. The molecule has 2 heterocycles. The summed E-state index contributed by atoms with van der Waals surface area (Å²) in [6.45, 7) is 6.88. The van der Waals surface area contributed by atoms with Crippen molar-refractivity contribution in [1.29, 1.82) is 0 Å². The number of nitrogens with zero attached hydrogens (tertiary/aromatic N) is 3. The lowest BCUT2D eigenvalue weighted by atomic mass is 10.1. The molecule has 3 aromatic rings. The molecule has 1 saturated heterocycles. The largest absolute Gasteiger partial charge is 0.495 e. The number of amides is 1. The number of carbonyl (C=O) groups excluding carboxylic acids is 1. The molecule has 0 radical (unpaired) electrons. The molecule has 7 nitrogen and oxygen atoms in total. The summed E-state index contributed by atoms with van der Waals surface area (Å²) in [5.74, 6) is 1.34. The fraction of sp³-hybridized carbons (Fsp3) is 0.417. The number of hydrogen-bond acceptors (Lipinski definition) is 7. The van der Waals surface area contributed by atoms with Gasteiger partial charge in [0.25, 0.3) is 5.91 Å². The normalized spacial score (nSPS) is 14.5. The van der Waals surface area contributed by atoms with Crippen molar-refractivity contribution in [3.05, 3.63) is 47.5 Å². The van der Waals surface area contributed by atoms with Gasteiger partial charge in [-0.2, -0.15) is 0 Å². The van der Waals surface area contributed by atoms with Gasteiger partial charge in [-0.05, 0) is 37.6 Å². The maximum Gasteiger partial charge on any atom is 0.260 e. The minimum atomic E-state index is -0.0485. The van der Waals surface area contributed by atoms with Gasteiger partial charge in [0.1, 0.15) is 21.7 Å². The number of methoxy groups -OCH3 is 2. The number of aromatic nitrogens is 1. The van der Waals surface area contributed by atoms with Crippen molar-refractivity contribution in [2.75, 3.05) is 58.5 Å². The van der Waals surface area contributed by atoms with Crippen LogP contribution in [0.15, 0.2) is 36.4 Å². The summed E-state index contributed by atoms with van der Waals surface area (Å²) >= 11 is 1.45. The Balaban J connectivity index is 1.65. The Kier molecular flexibility index (Phi) is 7.24. The summed E-state index contributed by atoms with van der Waals surface area (Å²) in [4.78, 5) is 22.5. The topological polar surface area (TPSA) is 64.1 Å². The van der Waals surface area contributed by atoms with E-state index in [1.54, 1.807) is 19.1 Å². The number of rotatable bonds is 8. The van der Waals surface area contributed by atoms with Crippen molar-refractivity contribution in [2.24, 2.45) is 0 Å². The molecule has 170 valence electrons. The van der Waals surface area contributed by atoms with Crippen LogP contribution in [-0.4, -0.2) is 69.4 Å². The van der Waals surface area contributed by atoms with Crippen LogP contribution in [0, 0.1) is 6.92 Å². The van der Waals surface area contributed by atoms with Crippen LogP contribution < -0.4 is 14.4 Å². The second-order valence-electron chi connectivity index (χ2n) is 7.78. The SMILES string of the molecule is COc1ccc(OC)c2sc(N(CCCN3CCOCC3)C(=O)c3cccc(C)c3)nc12. The van der Waals surface area contributed by atoms with Crippen LogP contribution in [0.4, 0.5) is 5.13 Å². The molecule has 8 heteroatoms. The first kappa shape index (κ1) is 22.5. The number of hydrogen-bond donors (Lipinski definition) is 0. The van der Waals surface area contributed by atoms with Gasteiger partial charge in [0.05, 0.1) is 27.4 Å². The second kappa shape index (κ2) is 10.3. The van der Waals surface area contributed by atoms with Crippen molar-refractivity contribution in [2.45, 2.75) is 13.3 Å². The van der Waals surface area contributed by atoms with Crippen molar-refractivity contribution in [3.8, 4) is 11.5 Å². The van der Waals surface area contributed by atoms with E-state index in [0.717, 1.165) is 55.3 Å². The number of thiazole rings is 1. The number of ether oxygens (including phenoxy) is 3. The Hall–Kier alpha value is -2.68. The van der Waals surface area contributed by atoms with E-state index in [0.29, 0.717) is 28.5 Å². The summed E-state index contributed by atoms with van der Waals surface area (Å²) in [7, 11) is 3.26. The van der Waals surface area contributed by atoms with E-state index in [-0.39, 0.29) is 5.91 Å². The summed E-state index contributed by atoms with van der Waals surface area (Å²) in [6.07, 6.45) is 0.849. The molecule has 0 atom stereocenters. The second-order valence-corrected chi connectivity index (χ2v) is 8.76. The Morgan fingerprint density at radius 2 is 1.91 bits per heavy atom. The number of aryl methyl sites for hydroxylation is 1. The van der Waals surface area contributed by atoms with Crippen LogP contribution in [0.25, 0.3) is 10.2 Å². The van der Waals surface area contributed by atoms with Crippen LogP contribution in [-0.2, 0) is 4.74 Å². The fourth-order valence-corrected chi connectivity index (χ4v) is 4.98. The Morgan fingerprint density at radius 3 is 2.62 bits per heavy atom. The Morgan fingerprint density at radius 1 is 1.16 bits per heavy atom. The van der Waals surface area contributed by atoms with Crippen molar-refractivity contribution in [1.82, 2.24) is 9.88 Å². The van der Waals surface area contributed by atoms with Gasteiger partial charge in [-0.1, -0.05) is 29.0 Å². The quantitative estimate of drug-likeness (QED) is 0.512. The predicted molar refractivity (Wildman–Crippen MR) is 127 cm³/mol. The van der Waals surface area contributed by atoms with Crippen LogP contribution in [0.2, 0.25) is 0 Å². The minimum absolute atomic E-state index is 0.0485. The lowest BCUT2D eigenvalue weighted by Crippen LogP contribution is -2.39. The first-order valence-electron chi connectivity index (χ1n) is 10.8. The molecule has 0 spiro atoms. The maximum atomic E-state index is 13.6. The lowest BCUT2D eigenvalue weighted by Gasteiger charge is -2.27. The first-order valence-corrected chi connectivity index (χ1v) is 11.6. The molecule has 1 aliphatic heterocycles. The van der Waals surface area contributed by atoms with Gasteiger partial charge in [-0.15, -0.1) is 0 Å². The molecule has 0 bridgehead atoms. The van der Waals surface area contributed by atoms with E-state index in [9.17, 15) is 4.79 Å². The zero-order valence-corrected chi connectivity index (χ0v) is 19.6. The molecule has 1 amide bonds. The molecule has 0 N–H and O–H groups in total. The van der Waals surface area contributed by atoms with Gasteiger partial charge < -0.3 is 14.2 Å². The third kappa shape index (κ3) is 4.87. The van der Waals surface area contributed by atoms with Crippen LogP contribution in [0.3, 0.4) is 0 Å². The van der Waals surface area contributed by atoms with E-state index in [2.05, 4.69) is 4.90 Å². The van der Waals surface area contributed by atoms with Crippen LogP contribution in [0.5, 0.6) is 11.5 Å². The number of carbonyl (C=O) groups is 1. The number of anilines is 1. The molecular weight excluding hydrogens is 426 g/mol. The van der Waals surface area contributed by atoms with Gasteiger partial charge in [-0.3, -0.25) is 14.6 Å². The average molecular weight is 456 g/mol. The zero-order valence-electron chi connectivity index (χ0n) is 18.8. The van der Waals surface area contributed by atoms with E-state index in [1.165, 1.54) is 11.3 Å². The fourth-order valence-electron chi connectivity index (χ4n) is 3.88. The summed E-state index contributed by atoms with van der Waals surface area (Å²) in [5.41, 5.74) is 2.42. The molecule has 1 fully saturated rings. The molecular formula is C24H29N3O4S. The standard InChI is InChI=1S/C24H29N3O4S/c1-17-6-4-7-18(16-17)23(28)27(11-5-10-26-12-14-31-15-13-26)24-25-21-19(29-2)8-9-20(30-3)22(21)32-24/h4,6-9,16H,5,10-15H2,1-3H3. The lowest BCUT2D eigenvalue weighted by molar-refractivity contribution is 0.0376. The van der Waals surface area contributed by atoms with Gasteiger partial charge in [0.2, 0.25) is 0 Å². The summed E-state index contributed by atoms with van der Waals surface area (Å²) in [6, 6.07) is 11.4. The predicted octanol–water partition coefficient (Wildman–Crippen LogP) is 3.99. The van der Waals surface area contributed by atoms with Crippen molar-refractivity contribution in [3.63, 3.8) is 0 Å². The smallest absolute Gasteiger partial charge is 0.260 e. The molecule has 1 aliphatic rings. The molecule has 32 heavy (non-hydrogen) atoms. The average Bonchev–Trinajstić information content (AvgIpc) is 3.26. The maximum absolute atomic E-state index is 13.6. The highest BCUT2D eigenvalue weighted by Crippen LogP contribution is 2.40. The number of morpholine rings is 1. The minimum Gasteiger partial charge on any atom is -0.495 e. The molecule has 0 saturated carbocycles. The molecule has 0 unspecified atom stereocenters. The first-order chi connectivity index (χ1) is 15.6. The van der Waals surface area contributed by atoms with E-state index in [1.807, 2.05) is 43.3 Å². The molecule has 4 rings (SSSR count). The van der Waals surface area contributed by atoms with Gasteiger partial charge in [0.15, 0.2) is 5.13 Å². The highest BCUT2D eigenvalue weighted by molar-refractivity contribution is 7.22. The van der Waals surface area contributed by atoms with E-state index >= 15 is 0 Å². The van der Waals surface area contributed by atoms with Gasteiger partial charge >= 0.3 is 0 Å². The highest BCUT2D eigenvalue weighted by atomic mass is 32.1. The van der Waals surface area contributed by atoms with Crippen LogP contribution in [0.1, 0.15) is 22.3 Å². The number of benzene rings is 2. The van der Waals surface area contributed by atoms with E-state index < -0.39 is 0 Å². The monoisotopic (exact) mass is 455 g/mol.